The molecule has 0 saturated carbocycles. The first-order valence-corrected chi connectivity index (χ1v) is 9.22. The number of ether oxygens (including phenoxy) is 2. The van der Waals surface area contributed by atoms with E-state index in [4.69, 9.17) is 10.00 Å². The molecule has 1 N–H and O–H groups in total. The lowest BCUT2D eigenvalue weighted by atomic mass is 10.2. The van der Waals surface area contributed by atoms with Gasteiger partial charge in [-0.15, -0.1) is 11.8 Å². The molecule has 0 heterocycles. The maximum atomic E-state index is 12.1. The van der Waals surface area contributed by atoms with Crippen molar-refractivity contribution < 1.29 is 19.1 Å². The van der Waals surface area contributed by atoms with E-state index in [1.54, 1.807) is 30.3 Å². The monoisotopic (exact) mass is 434 g/mol. The number of esters is 1. The third-order valence-electron chi connectivity index (χ3n) is 3.17. The van der Waals surface area contributed by atoms with Gasteiger partial charge in [0.1, 0.15) is 5.75 Å². The van der Waals surface area contributed by atoms with Crippen LogP contribution in [0.1, 0.15) is 10.4 Å². The fourth-order valence-corrected chi connectivity index (χ4v) is 3.16. The average Bonchev–Trinajstić information content (AvgIpc) is 2.65. The summed E-state index contributed by atoms with van der Waals surface area (Å²) in [5.41, 5.74) is 1.00. The number of para-hydroxylation sites is 1. The summed E-state index contributed by atoms with van der Waals surface area (Å²) in [5, 5.41) is 11.5. The van der Waals surface area contributed by atoms with Crippen molar-refractivity contribution in [1.82, 2.24) is 0 Å². The Morgan fingerprint density at radius 2 is 2.04 bits per heavy atom. The highest BCUT2D eigenvalue weighted by molar-refractivity contribution is 9.10. The Labute approximate surface area is 163 Å². The van der Waals surface area contributed by atoms with Crippen LogP contribution in [-0.2, 0) is 9.53 Å². The minimum atomic E-state index is -0.457. The number of anilines is 1. The first kappa shape index (κ1) is 19.8. The van der Waals surface area contributed by atoms with E-state index >= 15 is 0 Å². The van der Waals surface area contributed by atoms with Crippen molar-refractivity contribution in [3.8, 4) is 11.8 Å². The zero-order valence-electron chi connectivity index (χ0n) is 13.8. The van der Waals surface area contributed by atoms with Gasteiger partial charge in [0.25, 0.3) is 5.91 Å². The molecule has 0 aliphatic carbocycles. The first-order chi connectivity index (χ1) is 12.5. The summed E-state index contributed by atoms with van der Waals surface area (Å²) in [6, 6.07) is 14.0. The summed E-state index contributed by atoms with van der Waals surface area (Å²) >= 11 is 4.65. The predicted octanol–water partition coefficient (Wildman–Crippen LogP) is 3.87. The van der Waals surface area contributed by atoms with Crippen LogP contribution in [0.25, 0.3) is 0 Å². The topological polar surface area (TPSA) is 88.4 Å². The third-order valence-corrected chi connectivity index (χ3v) is 4.73. The molecule has 2 aromatic rings. The minimum absolute atomic E-state index is 0.201. The molecule has 0 aromatic heterocycles. The van der Waals surface area contributed by atoms with Crippen LogP contribution < -0.4 is 10.1 Å². The largest absolute Gasteiger partial charge is 0.483 e. The maximum absolute atomic E-state index is 12.1. The highest BCUT2D eigenvalue weighted by Gasteiger charge is 2.12. The van der Waals surface area contributed by atoms with Crippen LogP contribution in [0, 0.1) is 11.3 Å². The number of methoxy groups -OCH3 is 1. The van der Waals surface area contributed by atoms with Crippen LogP contribution in [0.4, 0.5) is 5.69 Å². The van der Waals surface area contributed by atoms with Crippen LogP contribution >= 0.6 is 27.7 Å². The predicted molar refractivity (Wildman–Crippen MR) is 102 cm³/mol. The Balaban J connectivity index is 1.97. The summed E-state index contributed by atoms with van der Waals surface area (Å²) in [6.45, 7) is -0.201. The Kier molecular flexibility index (Phi) is 7.51. The second kappa shape index (κ2) is 9.85. The van der Waals surface area contributed by atoms with Crippen LogP contribution in [0.2, 0.25) is 0 Å². The SMILES string of the molecule is COC(=O)c1ccc(OCC(=O)Nc2ccccc2SCC#N)c(Br)c1. The van der Waals surface area contributed by atoms with E-state index in [1.807, 2.05) is 12.1 Å². The van der Waals surface area contributed by atoms with Crippen LogP contribution in [0.15, 0.2) is 51.8 Å². The highest BCUT2D eigenvalue weighted by atomic mass is 79.9. The second-order valence-electron chi connectivity index (χ2n) is 4.92. The van der Waals surface area contributed by atoms with Gasteiger partial charge in [0.05, 0.1) is 34.7 Å². The number of carbonyl (C=O) groups excluding carboxylic acids is 2. The molecule has 0 aliphatic heterocycles. The van der Waals surface area contributed by atoms with Gasteiger partial charge in [0.2, 0.25) is 0 Å². The number of benzene rings is 2. The number of halogens is 1. The summed E-state index contributed by atoms with van der Waals surface area (Å²) in [6.07, 6.45) is 0. The molecule has 0 spiro atoms. The molecule has 2 aromatic carbocycles. The number of hydrogen-bond acceptors (Lipinski definition) is 6. The van der Waals surface area contributed by atoms with Crippen LogP contribution in [-0.4, -0.2) is 31.3 Å². The summed E-state index contributed by atoms with van der Waals surface area (Å²) in [7, 11) is 1.30. The standard InChI is InChI=1S/C18H15BrN2O4S/c1-24-18(23)12-6-7-15(13(19)10-12)25-11-17(22)21-14-4-2-3-5-16(14)26-9-8-20/h2-7,10H,9,11H2,1H3,(H,21,22). The van der Waals surface area contributed by atoms with Gasteiger partial charge in [-0.3, -0.25) is 4.79 Å². The molecule has 6 nitrogen and oxygen atoms in total. The number of carbonyl (C=O) groups is 2. The Bertz CT molecular complexity index is 851. The molecule has 0 radical (unpaired) electrons. The number of nitrogens with one attached hydrogen (secondary N) is 1. The van der Waals surface area contributed by atoms with E-state index in [-0.39, 0.29) is 12.5 Å². The van der Waals surface area contributed by atoms with E-state index in [1.165, 1.54) is 18.9 Å². The fraction of sp³-hybridized carbons (Fsp3) is 0.167. The van der Waals surface area contributed by atoms with Gasteiger partial charge in [-0.25, -0.2) is 4.79 Å². The van der Waals surface area contributed by atoms with E-state index < -0.39 is 5.97 Å². The number of rotatable bonds is 7. The van der Waals surface area contributed by atoms with Crippen LogP contribution in [0.3, 0.4) is 0 Å². The van der Waals surface area contributed by atoms with Gasteiger partial charge >= 0.3 is 5.97 Å². The summed E-state index contributed by atoms with van der Waals surface area (Å²) in [4.78, 5) is 24.4. The van der Waals surface area contributed by atoms with Crippen molar-refractivity contribution in [3.05, 3.63) is 52.5 Å². The van der Waals surface area contributed by atoms with Crippen molar-refractivity contribution in [2.75, 3.05) is 24.8 Å². The maximum Gasteiger partial charge on any atom is 0.337 e. The van der Waals surface area contributed by atoms with E-state index in [0.717, 1.165) is 4.90 Å². The molecular formula is C18H15BrN2O4S. The Morgan fingerprint density at radius 3 is 2.73 bits per heavy atom. The average molecular weight is 435 g/mol. The van der Waals surface area contributed by atoms with Crippen molar-refractivity contribution in [1.29, 1.82) is 5.26 Å². The summed E-state index contributed by atoms with van der Waals surface area (Å²) < 4.78 is 10.7. The zero-order chi connectivity index (χ0) is 18.9. The van der Waals surface area contributed by atoms with Crippen molar-refractivity contribution in [2.24, 2.45) is 0 Å². The van der Waals surface area contributed by atoms with E-state index in [2.05, 4.69) is 32.1 Å². The lowest BCUT2D eigenvalue weighted by Gasteiger charge is -2.11. The van der Waals surface area contributed by atoms with E-state index in [9.17, 15) is 9.59 Å². The number of nitriles is 1. The molecule has 0 atom stereocenters. The first-order valence-electron chi connectivity index (χ1n) is 7.44. The quantitative estimate of drug-likeness (QED) is 0.525. The third kappa shape index (κ3) is 5.51. The highest BCUT2D eigenvalue weighted by Crippen LogP contribution is 2.28. The van der Waals surface area contributed by atoms with Gasteiger partial charge in [-0.1, -0.05) is 12.1 Å². The molecule has 0 fully saturated rings. The molecule has 0 saturated heterocycles. The molecule has 1 amide bonds. The fourth-order valence-electron chi connectivity index (χ4n) is 2.00. The molecule has 0 aliphatic rings. The van der Waals surface area contributed by atoms with Crippen molar-refractivity contribution in [3.63, 3.8) is 0 Å². The Morgan fingerprint density at radius 1 is 1.27 bits per heavy atom. The van der Waals surface area contributed by atoms with Crippen molar-refractivity contribution >= 4 is 45.3 Å². The molecule has 26 heavy (non-hydrogen) atoms. The number of thioether (sulfide) groups is 1. The minimum Gasteiger partial charge on any atom is -0.483 e. The molecule has 134 valence electrons. The lowest BCUT2D eigenvalue weighted by molar-refractivity contribution is -0.118. The summed E-state index contributed by atoms with van der Waals surface area (Å²) in [5.74, 6) is -0.0663. The molecule has 0 bridgehead atoms. The van der Waals surface area contributed by atoms with Gasteiger partial charge < -0.3 is 14.8 Å². The second-order valence-corrected chi connectivity index (χ2v) is 6.79. The van der Waals surface area contributed by atoms with Gasteiger partial charge in [-0.05, 0) is 46.3 Å². The smallest absolute Gasteiger partial charge is 0.337 e. The molecule has 2 rings (SSSR count). The van der Waals surface area contributed by atoms with Crippen molar-refractivity contribution in [2.45, 2.75) is 4.90 Å². The molecule has 0 unspecified atom stereocenters. The zero-order valence-corrected chi connectivity index (χ0v) is 16.2. The van der Waals surface area contributed by atoms with Gasteiger partial charge in [-0.2, -0.15) is 5.26 Å². The molecule has 8 heteroatoms. The number of hydrogen-bond donors (Lipinski definition) is 1. The number of nitrogens with zero attached hydrogens (tertiary/aromatic N) is 1. The van der Waals surface area contributed by atoms with Gasteiger partial charge in [0.15, 0.2) is 6.61 Å². The van der Waals surface area contributed by atoms with Crippen LogP contribution in [0.5, 0.6) is 5.75 Å². The normalized spacial score (nSPS) is 9.88. The Hall–Kier alpha value is -2.50. The number of amides is 1. The lowest BCUT2D eigenvalue weighted by Crippen LogP contribution is -2.20. The molecular weight excluding hydrogens is 420 g/mol. The van der Waals surface area contributed by atoms with E-state index in [0.29, 0.717) is 27.2 Å². The van der Waals surface area contributed by atoms with Gasteiger partial charge in [0, 0.05) is 4.90 Å².